The average Bonchev–Trinajstić information content (AvgIpc) is 2.56. The molecule has 4 nitrogen and oxygen atoms in total. The Bertz CT molecular complexity index is 820. The van der Waals surface area contributed by atoms with Crippen molar-refractivity contribution in [3.63, 3.8) is 0 Å². The maximum absolute atomic E-state index is 13.5. The van der Waals surface area contributed by atoms with Crippen molar-refractivity contribution in [3.05, 3.63) is 68.9 Å². The van der Waals surface area contributed by atoms with Crippen LogP contribution >= 0.6 is 34.8 Å². The fraction of sp³-hybridized carbons (Fsp3) is 0.0588. The molecule has 0 saturated heterocycles. The van der Waals surface area contributed by atoms with Crippen LogP contribution in [0.25, 0.3) is 6.08 Å². The zero-order valence-electron chi connectivity index (χ0n) is 12.6. The van der Waals surface area contributed by atoms with Crippen LogP contribution in [0, 0.1) is 5.82 Å². The molecule has 8 heteroatoms. The quantitative estimate of drug-likeness (QED) is 0.567. The predicted octanol–water partition coefficient (Wildman–Crippen LogP) is 4.98. The monoisotopic (exact) mass is 401 g/mol. The number of amides is 1. The van der Waals surface area contributed by atoms with Crippen molar-refractivity contribution in [2.75, 3.05) is 11.9 Å². The topological polar surface area (TPSA) is 55.4 Å². The normalized spacial score (nSPS) is 10.7. The minimum atomic E-state index is -0.816. The van der Waals surface area contributed by atoms with Crippen LogP contribution < -0.4 is 5.32 Å². The van der Waals surface area contributed by atoms with E-state index >= 15 is 0 Å². The van der Waals surface area contributed by atoms with Gasteiger partial charge in [0.25, 0.3) is 5.91 Å². The lowest BCUT2D eigenvalue weighted by atomic mass is 10.2. The Hall–Kier alpha value is -2.08. The summed E-state index contributed by atoms with van der Waals surface area (Å²) >= 11 is 17.4. The van der Waals surface area contributed by atoms with Crippen LogP contribution in [-0.4, -0.2) is 18.5 Å². The molecule has 2 aromatic rings. The highest BCUT2D eigenvalue weighted by molar-refractivity contribution is 6.42. The lowest BCUT2D eigenvalue weighted by molar-refractivity contribution is -0.142. The summed E-state index contributed by atoms with van der Waals surface area (Å²) < 4.78 is 18.3. The summed E-state index contributed by atoms with van der Waals surface area (Å²) in [4.78, 5) is 23.3. The van der Waals surface area contributed by atoms with E-state index < -0.39 is 24.3 Å². The molecule has 0 saturated carbocycles. The van der Waals surface area contributed by atoms with Gasteiger partial charge >= 0.3 is 5.97 Å². The van der Waals surface area contributed by atoms with Crippen molar-refractivity contribution in [2.24, 2.45) is 0 Å². The molecule has 0 bridgehead atoms. The van der Waals surface area contributed by atoms with Crippen molar-refractivity contribution in [3.8, 4) is 0 Å². The van der Waals surface area contributed by atoms with Gasteiger partial charge in [-0.05, 0) is 36.4 Å². The molecule has 0 fully saturated rings. The minimum absolute atomic E-state index is 0.0568. The Morgan fingerprint density at radius 1 is 1.08 bits per heavy atom. The number of esters is 1. The highest BCUT2D eigenvalue weighted by atomic mass is 35.5. The molecule has 0 aromatic heterocycles. The second kappa shape index (κ2) is 8.85. The molecule has 0 spiro atoms. The fourth-order valence-corrected chi connectivity index (χ4v) is 2.30. The van der Waals surface area contributed by atoms with Gasteiger partial charge in [0.15, 0.2) is 6.61 Å². The zero-order valence-corrected chi connectivity index (χ0v) is 14.8. The maximum atomic E-state index is 13.5. The van der Waals surface area contributed by atoms with Gasteiger partial charge in [-0.25, -0.2) is 9.18 Å². The Morgan fingerprint density at radius 3 is 2.52 bits per heavy atom. The summed E-state index contributed by atoms with van der Waals surface area (Å²) in [5.41, 5.74) is 0.463. The minimum Gasteiger partial charge on any atom is -0.452 e. The number of carbonyl (C=O) groups is 2. The van der Waals surface area contributed by atoms with E-state index in [0.29, 0.717) is 10.7 Å². The maximum Gasteiger partial charge on any atom is 0.331 e. The lowest BCUT2D eigenvalue weighted by Gasteiger charge is -2.06. The SMILES string of the molecule is O=C(COC(=O)/C=C/c1c(F)cccc1Cl)Nc1ccc(Cl)c(Cl)c1. The first kappa shape index (κ1) is 19.2. The Kier molecular flexibility index (Phi) is 6.82. The van der Waals surface area contributed by atoms with E-state index in [1.165, 1.54) is 36.4 Å². The third-order valence-electron chi connectivity index (χ3n) is 2.93. The zero-order chi connectivity index (χ0) is 18.4. The van der Waals surface area contributed by atoms with Crippen LogP contribution in [0.15, 0.2) is 42.5 Å². The summed E-state index contributed by atoms with van der Waals surface area (Å²) in [6.45, 7) is -0.519. The fourth-order valence-electron chi connectivity index (χ4n) is 1.78. The number of anilines is 1. The van der Waals surface area contributed by atoms with Crippen LogP contribution in [-0.2, 0) is 14.3 Å². The van der Waals surface area contributed by atoms with Gasteiger partial charge < -0.3 is 10.1 Å². The lowest BCUT2D eigenvalue weighted by Crippen LogP contribution is -2.20. The number of carbonyl (C=O) groups excluding carboxylic acids is 2. The van der Waals surface area contributed by atoms with Gasteiger partial charge in [-0.15, -0.1) is 0 Å². The molecule has 0 unspecified atom stereocenters. The van der Waals surface area contributed by atoms with Crippen molar-refractivity contribution in [1.29, 1.82) is 0 Å². The van der Waals surface area contributed by atoms with E-state index in [-0.39, 0.29) is 15.6 Å². The van der Waals surface area contributed by atoms with E-state index in [1.54, 1.807) is 6.07 Å². The van der Waals surface area contributed by atoms with E-state index in [0.717, 1.165) is 6.08 Å². The van der Waals surface area contributed by atoms with Crippen LogP contribution in [0.3, 0.4) is 0 Å². The van der Waals surface area contributed by atoms with Crippen molar-refractivity contribution < 1.29 is 18.7 Å². The molecule has 130 valence electrons. The van der Waals surface area contributed by atoms with E-state index in [2.05, 4.69) is 5.32 Å². The van der Waals surface area contributed by atoms with Crippen LogP contribution in [0.1, 0.15) is 5.56 Å². The predicted molar refractivity (Wildman–Crippen MR) is 96.5 cm³/mol. The molecule has 0 aliphatic heterocycles. The number of ether oxygens (including phenoxy) is 1. The number of rotatable bonds is 5. The molecule has 25 heavy (non-hydrogen) atoms. The summed E-state index contributed by atoms with van der Waals surface area (Å²) in [6.07, 6.45) is 2.16. The third kappa shape index (κ3) is 5.74. The molecule has 0 radical (unpaired) electrons. The van der Waals surface area contributed by atoms with Gasteiger partial charge in [0, 0.05) is 17.3 Å². The van der Waals surface area contributed by atoms with E-state index in [9.17, 15) is 14.0 Å². The summed E-state index contributed by atoms with van der Waals surface area (Å²) in [5.74, 6) is -1.96. The molecule has 1 amide bonds. The van der Waals surface area contributed by atoms with Crippen molar-refractivity contribution in [2.45, 2.75) is 0 Å². The summed E-state index contributed by atoms with van der Waals surface area (Å²) in [6, 6.07) is 8.67. The first-order chi connectivity index (χ1) is 11.9. The molecule has 1 N–H and O–H groups in total. The first-order valence-corrected chi connectivity index (χ1v) is 8.04. The number of benzene rings is 2. The van der Waals surface area contributed by atoms with Crippen LogP contribution in [0.2, 0.25) is 15.1 Å². The molecule has 0 atom stereocenters. The number of halogens is 4. The number of nitrogens with one attached hydrogen (secondary N) is 1. The van der Waals surface area contributed by atoms with Crippen molar-refractivity contribution >= 4 is 58.4 Å². The average molecular weight is 403 g/mol. The largest absolute Gasteiger partial charge is 0.452 e. The third-order valence-corrected chi connectivity index (χ3v) is 4.00. The first-order valence-electron chi connectivity index (χ1n) is 6.90. The molecule has 2 aromatic carbocycles. The molecule has 0 aliphatic carbocycles. The van der Waals surface area contributed by atoms with Gasteiger partial charge in [-0.1, -0.05) is 40.9 Å². The number of hydrogen-bond donors (Lipinski definition) is 1. The van der Waals surface area contributed by atoms with Gasteiger partial charge in [0.2, 0.25) is 0 Å². The van der Waals surface area contributed by atoms with Gasteiger partial charge in [0.05, 0.1) is 15.1 Å². The molecular weight excluding hydrogens is 392 g/mol. The molecule has 0 heterocycles. The Balaban J connectivity index is 1.88. The molecule has 0 aliphatic rings. The summed E-state index contributed by atoms with van der Waals surface area (Å²) in [5, 5.41) is 3.28. The van der Waals surface area contributed by atoms with Crippen LogP contribution in [0.4, 0.5) is 10.1 Å². The van der Waals surface area contributed by atoms with E-state index in [4.69, 9.17) is 39.5 Å². The Labute approximate surface area is 158 Å². The highest BCUT2D eigenvalue weighted by Gasteiger charge is 2.08. The molecular formula is C17H11Cl3FNO3. The summed E-state index contributed by atoms with van der Waals surface area (Å²) in [7, 11) is 0. The van der Waals surface area contributed by atoms with Gasteiger partial charge in [-0.3, -0.25) is 4.79 Å². The second-order valence-corrected chi connectivity index (χ2v) is 5.98. The van der Waals surface area contributed by atoms with Gasteiger partial charge in [-0.2, -0.15) is 0 Å². The smallest absolute Gasteiger partial charge is 0.331 e. The highest BCUT2D eigenvalue weighted by Crippen LogP contribution is 2.25. The van der Waals surface area contributed by atoms with E-state index in [1.807, 2.05) is 0 Å². The standard InChI is InChI=1S/C17H11Cl3FNO3/c18-12-2-1-3-15(21)11(12)5-7-17(24)25-9-16(23)22-10-4-6-13(19)14(20)8-10/h1-8H,9H2,(H,22,23)/b7-5+. The number of hydrogen-bond acceptors (Lipinski definition) is 3. The van der Waals surface area contributed by atoms with Gasteiger partial charge in [0.1, 0.15) is 5.82 Å². The molecule has 2 rings (SSSR count). The second-order valence-electron chi connectivity index (χ2n) is 4.75. The van der Waals surface area contributed by atoms with Crippen LogP contribution in [0.5, 0.6) is 0 Å². The Morgan fingerprint density at radius 2 is 1.84 bits per heavy atom. The van der Waals surface area contributed by atoms with Crippen molar-refractivity contribution in [1.82, 2.24) is 0 Å².